The molecule has 0 aliphatic carbocycles. The molecule has 0 atom stereocenters. The minimum absolute atomic E-state index is 0.0941. The SMILES string of the molecule is Cc1ccnc(-c2cc(C(=O)NCCCCN)ccn2)c1. The summed E-state index contributed by atoms with van der Waals surface area (Å²) in [6.45, 7) is 3.28. The first-order valence-electron chi connectivity index (χ1n) is 7.08. The molecule has 5 nitrogen and oxygen atoms in total. The van der Waals surface area contributed by atoms with Gasteiger partial charge in [-0.15, -0.1) is 0 Å². The maximum atomic E-state index is 12.1. The standard InChI is InChI=1S/C16H20N4O/c1-12-4-8-18-14(10-12)15-11-13(5-9-19-15)16(21)20-7-3-2-6-17/h4-5,8-11H,2-3,6-7,17H2,1H3,(H,20,21). The van der Waals surface area contributed by atoms with E-state index in [1.54, 1.807) is 24.5 Å². The number of amides is 1. The largest absolute Gasteiger partial charge is 0.352 e. The molecule has 0 aromatic carbocycles. The maximum Gasteiger partial charge on any atom is 0.251 e. The van der Waals surface area contributed by atoms with Crippen LogP contribution in [0.15, 0.2) is 36.7 Å². The van der Waals surface area contributed by atoms with Gasteiger partial charge >= 0.3 is 0 Å². The van der Waals surface area contributed by atoms with E-state index in [1.807, 2.05) is 19.1 Å². The van der Waals surface area contributed by atoms with Crippen molar-refractivity contribution in [3.05, 3.63) is 47.8 Å². The number of nitrogens with zero attached hydrogens (tertiary/aromatic N) is 2. The predicted molar refractivity (Wildman–Crippen MR) is 82.8 cm³/mol. The number of aromatic nitrogens is 2. The molecular formula is C16H20N4O. The van der Waals surface area contributed by atoms with Crippen molar-refractivity contribution in [1.82, 2.24) is 15.3 Å². The topological polar surface area (TPSA) is 80.9 Å². The number of aryl methyl sites for hydroxylation is 1. The van der Waals surface area contributed by atoms with E-state index in [1.165, 1.54) is 0 Å². The maximum absolute atomic E-state index is 12.1. The number of nitrogens with two attached hydrogens (primary N) is 1. The molecule has 1 amide bonds. The second kappa shape index (κ2) is 7.50. The van der Waals surface area contributed by atoms with E-state index in [2.05, 4.69) is 15.3 Å². The average molecular weight is 284 g/mol. The van der Waals surface area contributed by atoms with Gasteiger partial charge in [-0.25, -0.2) is 0 Å². The third kappa shape index (κ3) is 4.36. The van der Waals surface area contributed by atoms with Crippen LogP contribution in [0.5, 0.6) is 0 Å². The molecule has 21 heavy (non-hydrogen) atoms. The third-order valence-corrected chi connectivity index (χ3v) is 3.12. The van der Waals surface area contributed by atoms with E-state index in [-0.39, 0.29) is 5.91 Å². The molecule has 0 spiro atoms. The predicted octanol–water partition coefficient (Wildman–Crippen LogP) is 1.92. The first-order chi connectivity index (χ1) is 10.2. The summed E-state index contributed by atoms with van der Waals surface area (Å²) in [4.78, 5) is 20.6. The van der Waals surface area contributed by atoms with E-state index in [0.29, 0.717) is 24.3 Å². The van der Waals surface area contributed by atoms with Crippen molar-refractivity contribution >= 4 is 5.91 Å². The molecule has 0 fully saturated rings. The van der Waals surface area contributed by atoms with E-state index >= 15 is 0 Å². The Hall–Kier alpha value is -2.27. The summed E-state index contributed by atoms with van der Waals surface area (Å²) in [5.41, 5.74) is 8.60. The molecular weight excluding hydrogens is 264 g/mol. The number of rotatable bonds is 6. The molecule has 0 aliphatic rings. The number of nitrogens with one attached hydrogen (secondary N) is 1. The van der Waals surface area contributed by atoms with Crippen LogP contribution in [0.4, 0.5) is 0 Å². The fourth-order valence-corrected chi connectivity index (χ4v) is 1.96. The molecule has 2 aromatic rings. The Bertz CT molecular complexity index is 613. The number of pyridine rings is 2. The molecule has 0 unspecified atom stereocenters. The van der Waals surface area contributed by atoms with Crippen LogP contribution in [0, 0.1) is 6.92 Å². The van der Waals surface area contributed by atoms with E-state index in [0.717, 1.165) is 24.1 Å². The second-order valence-corrected chi connectivity index (χ2v) is 4.90. The van der Waals surface area contributed by atoms with Crippen LogP contribution in [0.25, 0.3) is 11.4 Å². The highest BCUT2D eigenvalue weighted by atomic mass is 16.1. The monoisotopic (exact) mass is 284 g/mol. The number of carbonyl (C=O) groups excluding carboxylic acids is 1. The highest BCUT2D eigenvalue weighted by Gasteiger charge is 2.08. The molecule has 110 valence electrons. The van der Waals surface area contributed by atoms with E-state index in [9.17, 15) is 4.79 Å². The summed E-state index contributed by atoms with van der Waals surface area (Å²) in [7, 11) is 0. The minimum Gasteiger partial charge on any atom is -0.352 e. The lowest BCUT2D eigenvalue weighted by atomic mass is 10.1. The van der Waals surface area contributed by atoms with Crippen LogP contribution in [0.2, 0.25) is 0 Å². The molecule has 5 heteroatoms. The molecule has 3 N–H and O–H groups in total. The van der Waals surface area contributed by atoms with Gasteiger partial charge in [0.15, 0.2) is 0 Å². The Kier molecular flexibility index (Phi) is 5.40. The summed E-state index contributed by atoms with van der Waals surface area (Å²) in [5, 5.41) is 2.88. The molecule has 2 aromatic heterocycles. The molecule has 0 aliphatic heterocycles. The van der Waals surface area contributed by atoms with Crippen molar-refractivity contribution in [2.75, 3.05) is 13.1 Å². The highest BCUT2D eigenvalue weighted by Crippen LogP contribution is 2.16. The first kappa shape index (κ1) is 15.1. The van der Waals surface area contributed by atoms with Crippen molar-refractivity contribution in [1.29, 1.82) is 0 Å². The summed E-state index contributed by atoms with van der Waals surface area (Å²) in [6, 6.07) is 7.35. The normalized spacial score (nSPS) is 10.4. The van der Waals surface area contributed by atoms with Crippen molar-refractivity contribution in [2.24, 2.45) is 5.73 Å². The quantitative estimate of drug-likeness (QED) is 0.794. The highest BCUT2D eigenvalue weighted by molar-refractivity contribution is 5.94. The average Bonchev–Trinajstić information content (AvgIpc) is 2.51. The fraction of sp³-hybridized carbons (Fsp3) is 0.312. The van der Waals surface area contributed by atoms with E-state index < -0.39 is 0 Å². The minimum atomic E-state index is -0.0941. The van der Waals surface area contributed by atoms with Gasteiger partial charge in [-0.05, 0) is 56.1 Å². The first-order valence-corrected chi connectivity index (χ1v) is 7.08. The van der Waals surface area contributed by atoms with Crippen LogP contribution in [-0.4, -0.2) is 29.0 Å². The molecule has 0 bridgehead atoms. The lowest BCUT2D eigenvalue weighted by Crippen LogP contribution is -2.24. The van der Waals surface area contributed by atoms with Crippen LogP contribution < -0.4 is 11.1 Å². The molecule has 0 saturated heterocycles. The van der Waals surface area contributed by atoms with Gasteiger partial charge in [0.1, 0.15) is 0 Å². The number of hydrogen-bond acceptors (Lipinski definition) is 4. The van der Waals surface area contributed by atoms with Crippen LogP contribution in [0.1, 0.15) is 28.8 Å². The van der Waals surface area contributed by atoms with E-state index in [4.69, 9.17) is 5.73 Å². The van der Waals surface area contributed by atoms with Crippen molar-refractivity contribution in [2.45, 2.75) is 19.8 Å². The van der Waals surface area contributed by atoms with Gasteiger partial charge in [-0.2, -0.15) is 0 Å². The van der Waals surface area contributed by atoms with Gasteiger partial charge in [-0.1, -0.05) is 0 Å². The van der Waals surface area contributed by atoms with Crippen molar-refractivity contribution in [3.8, 4) is 11.4 Å². The van der Waals surface area contributed by atoms with Gasteiger partial charge in [0, 0.05) is 24.5 Å². The summed E-state index contributed by atoms with van der Waals surface area (Å²) >= 11 is 0. The summed E-state index contributed by atoms with van der Waals surface area (Å²) in [6.07, 6.45) is 5.18. The van der Waals surface area contributed by atoms with Crippen molar-refractivity contribution in [3.63, 3.8) is 0 Å². The number of unbranched alkanes of at least 4 members (excludes halogenated alkanes) is 1. The third-order valence-electron chi connectivity index (χ3n) is 3.12. The lowest BCUT2D eigenvalue weighted by Gasteiger charge is -2.06. The van der Waals surface area contributed by atoms with Crippen molar-refractivity contribution < 1.29 is 4.79 Å². The Labute approximate surface area is 124 Å². The van der Waals surface area contributed by atoms with Crippen LogP contribution in [0.3, 0.4) is 0 Å². The van der Waals surface area contributed by atoms with Gasteiger partial charge in [0.2, 0.25) is 0 Å². The molecule has 2 heterocycles. The second-order valence-electron chi connectivity index (χ2n) is 4.90. The van der Waals surface area contributed by atoms with Crippen LogP contribution >= 0.6 is 0 Å². The zero-order valence-corrected chi connectivity index (χ0v) is 12.2. The van der Waals surface area contributed by atoms with Gasteiger partial charge in [0.25, 0.3) is 5.91 Å². The molecule has 0 saturated carbocycles. The fourth-order valence-electron chi connectivity index (χ4n) is 1.96. The molecule has 0 radical (unpaired) electrons. The lowest BCUT2D eigenvalue weighted by molar-refractivity contribution is 0.0953. The Balaban J connectivity index is 2.09. The summed E-state index contributed by atoms with van der Waals surface area (Å²) in [5.74, 6) is -0.0941. The van der Waals surface area contributed by atoms with Gasteiger partial charge in [0.05, 0.1) is 11.4 Å². The van der Waals surface area contributed by atoms with Gasteiger partial charge in [-0.3, -0.25) is 14.8 Å². The summed E-state index contributed by atoms with van der Waals surface area (Å²) < 4.78 is 0. The zero-order valence-electron chi connectivity index (χ0n) is 12.2. The smallest absolute Gasteiger partial charge is 0.251 e. The Morgan fingerprint density at radius 1 is 1.14 bits per heavy atom. The van der Waals surface area contributed by atoms with Gasteiger partial charge < -0.3 is 11.1 Å². The number of hydrogen-bond donors (Lipinski definition) is 2. The number of carbonyl (C=O) groups is 1. The Morgan fingerprint density at radius 3 is 2.57 bits per heavy atom. The zero-order chi connectivity index (χ0) is 15.1. The van der Waals surface area contributed by atoms with Crippen LogP contribution in [-0.2, 0) is 0 Å². The molecule has 2 rings (SSSR count). The Morgan fingerprint density at radius 2 is 1.86 bits per heavy atom.